The van der Waals surface area contributed by atoms with E-state index in [-0.39, 0.29) is 0 Å². The highest BCUT2D eigenvalue weighted by Crippen LogP contribution is 2.28. The maximum Gasteiger partial charge on any atom is 0.161 e. The second-order valence-electron chi connectivity index (χ2n) is 4.27. The molecule has 0 aliphatic rings. The molecule has 3 N–H and O–H groups in total. The van der Waals surface area contributed by atoms with Gasteiger partial charge in [0.05, 0.1) is 25.6 Å². The van der Waals surface area contributed by atoms with Gasteiger partial charge in [-0.25, -0.2) is 0 Å². The fraction of sp³-hybridized carbons (Fsp3) is 0.200. The highest BCUT2D eigenvalue weighted by molar-refractivity contribution is 9.10. The van der Waals surface area contributed by atoms with Crippen molar-refractivity contribution in [3.8, 4) is 11.5 Å². The molecule has 0 aliphatic carbocycles. The number of rotatable bonds is 5. The first kappa shape index (κ1) is 14.5. The van der Waals surface area contributed by atoms with Gasteiger partial charge in [0.15, 0.2) is 11.5 Å². The van der Waals surface area contributed by atoms with Crippen LogP contribution in [0.25, 0.3) is 0 Å². The van der Waals surface area contributed by atoms with Crippen LogP contribution in [-0.2, 0) is 6.54 Å². The van der Waals surface area contributed by atoms with Crippen LogP contribution in [0.3, 0.4) is 0 Å². The number of anilines is 2. The molecule has 2 aromatic rings. The van der Waals surface area contributed by atoms with E-state index >= 15 is 0 Å². The molecule has 0 fully saturated rings. The Bertz CT molecular complexity index is 602. The Morgan fingerprint density at radius 2 is 1.80 bits per heavy atom. The number of nitrogens with one attached hydrogen (secondary N) is 1. The highest BCUT2D eigenvalue weighted by atomic mass is 79.9. The number of benzene rings is 2. The molecule has 106 valence electrons. The van der Waals surface area contributed by atoms with E-state index in [0.717, 1.165) is 21.5 Å². The van der Waals surface area contributed by atoms with Crippen LogP contribution in [0.5, 0.6) is 11.5 Å². The van der Waals surface area contributed by atoms with E-state index in [2.05, 4.69) is 21.2 Å². The van der Waals surface area contributed by atoms with Gasteiger partial charge in [0.25, 0.3) is 0 Å². The molecule has 20 heavy (non-hydrogen) atoms. The van der Waals surface area contributed by atoms with Crippen molar-refractivity contribution in [2.45, 2.75) is 6.54 Å². The standard InChI is InChI=1S/C15H17BrN2O2/c1-19-14-6-3-10(7-15(14)20-2)9-18-13-8-11(16)4-5-12(13)17/h3-8,18H,9,17H2,1-2H3. The van der Waals surface area contributed by atoms with Gasteiger partial charge in [-0.15, -0.1) is 0 Å². The van der Waals surface area contributed by atoms with Crippen LogP contribution in [0, 0.1) is 0 Å². The molecule has 4 nitrogen and oxygen atoms in total. The van der Waals surface area contributed by atoms with Gasteiger partial charge < -0.3 is 20.5 Å². The zero-order valence-electron chi connectivity index (χ0n) is 11.4. The van der Waals surface area contributed by atoms with E-state index in [1.165, 1.54) is 0 Å². The second kappa shape index (κ2) is 6.52. The normalized spacial score (nSPS) is 10.2. The zero-order valence-corrected chi connectivity index (χ0v) is 13.0. The molecule has 0 aromatic heterocycles. The average molecular weight is 337 g/mol. The first-order valence-corrected chi connectivity index (χ1v) is 6.93. The lowest BCUT2D eigenvalue weighted by Gasteiger charge is -2.12. The lowest BCUT2D eigenvalue weighted by Crippen LogP contribution is -2.03. The summed E-state index contributed by atoms with van der Waals surface area (Å²) < 4.78 is 11.5. The van der Waals surface area contributed by atoms with Crippen molar-refractivity contribution in [1.29, 1.82) is 0 Å². The first-order valence-electron chi connectivity index (χ1n) is 6.14. The topological polar surface area (TPSA) is 56.5 Å². The summed E-state index contributed by atoms with van der Waals surface area (Å²) in [5, 5.41) is 3.31. The van der Waals surface area contributed by atoms with Crippen LogP contribution < -0.4 is 20.5 Å². The molecule has 5 heteroatoms. The number of methoxy groups -OCH3 is 2. The summed E-state index contributed by atoms with van der Waals surface area (Å²) in [6, 6.07) is 11.6. The molecule has 0 radical (unpaired) electrons. The van der Waals surface area contributed by atoms with E-state index in [1.807, 2.05) is 36.4 Å². The number of halogens is 1. The number of nitrogen functional groups attached to an aromatic ring is 1. The molecule has 0 saturated carbocycles. The van der Waals surface area contributed by atoms with Crippen LogP contribution in [0.1, 0.15) is 5.56 Å². The summed E-state index contributed by atoms with van der Waals surface area (Å²) in [7, 11) is 3.25. The Morgan fingerprint density at radius 3 is 2.50 bits per heavy atom. The molecule has 0 bridgehead atoms. The Labute approximate surface area is 127 Å². The van der Waals surface area contributed by atoms with E-state index < -0.39 is 0 Å². The Balaban J connectivity index is 2.12. The molecule has 0 saturated heterocycles. The van der Waals surface area contributed by atoms with Crippen molar-refractivity contribution < 1.29 is 9.47 Å². The van der Waals surface area contributed by atoms with Crippen molar-refractivity contribution in [1.82, 2.24) is 0 Å². The summed E-state index contributed by atoms with van der Waals surface area (Å²) in [4.78, 5) is 0. The monoisotopic (exact) mass is 336 g/mol. The Morgan fingerprint density at radius 1 is 1.05 bits per heavy atom. The highest BCUT2D eigenvalue weighted by Gasteiger charge is 2.05. The third-order valence-corrected chi connectivity index (χ3v) is 3.44. The smallest absolute Gasteiger partial charge is 0.161 e. The van der Waals surface area contributed by atoms with Gasteiger partial charge in [0.1, 0.15) is 0 Å². The predicted octanol–water partition coefficient (Wildman–Crippen LogP) is 3.66. The molecule has 2 aromatic carbocycles. The van der Waals surface area contributed by atoms with E-state index in [9.17, 15) is 0 Å². The van der Waals surface area contributed by atoms with Crippen molar-refractivity contribution in [2.75, 3.05) is 25.3 Å². The van der Waals surface area contributed by atoms with Crippen molar-refractivity contribution in [2.24, 2.45) is 0 Å². The fourth-order valence-corrected chi connectivity index (χ4v) is 2.23. The van der Waals surface area contributed by atoms with Gasteiger partial charge in [-0.05, 0) is 35.9 Å². The maximum atomic E-state index is 5.93. The summed E-state index contributed by atoms with van der Waals surface area (Å²) in [5.41, 5.74) is 8.63. The van der Waals surface area contributed by atoms with Crippen LogP contribution >= 0.6 is 15.9 Å². The summed E-state index contributed by atoms with van der Waals surface area (Å²) in [6.07, 6.45) is 0. The van der Waals surface area contributed by atoms with Gasteiger partial charge in [-0.1, -0.05) is 22.0 Å². The van der Waals surface area contributed by atoms with Gasteiger partial charge in [0, 0.05) is 11.0 Å². The van der Waals surface area contributed by atoms with E-state index in [4.69, 9.17) is 15.2 Å². The summed E-state index contributed by atoms with van der Waals surface area (Å²) in [5.74, 6) is 1.44. The van der Waals surface area contributed by atoms with Crippen LogP contribution in [0.2, 0.25) is 0 Å². The van der Waals surface area contributed by atoms with E-state index in [1.54, 1.807) is 14.2 Å². The molecule has 2 rings (SSSR count). The number of hydrogen-bond donors (Lipinski definition) is 2. The minimum absolute atomic E-state index is 0.654. The van der Waals surface area contributed by atoms with Gasteiger partial charge >= 0.3 is 0 Å². The molecule has 0 aliphatic heterocycles. The Hall–Kier alpha value is -1.88. The molecule has 0 unspecified atom stereocenters. The number of hydrogen-bond acceptors (Lipinski definition) is 4. The van der Waals surface area contributed by atoms with Crippen LogP contribution in [0.4, 0.5) is 11.4 Å². The largest absolute Gasteiger partial charge is 0.493 e. The lowest BCUT2D eigenvalue weighted by molar-refractivity contribution is 0.354. The van der Waals surface area contributed by atoms with Crippen LogP contribution in [0.15, 0.2) is 40.9 Å². The quantitative estimate of drug-likeness (QED) is 0.818. The third-order valence-electron chi connectivity index (χ3n) is 2.95. The summed E-state index contributed by atoms with van der Waals surface area (Å²) >= 11 is 3.43. The average Bonchev–Trinajstić information content (AvgIpc) is 2.47. The molecular weight excluding hydrogens is 320 g/mol. The van der Waals surface area contributed by atoms with E-state index in [0.29, 0.717) is 18.0 Å². The van der Waals surface area contributed by atoms with Crippen molar-refractivity contribution >= 4 is 27.3 Å². The molecule has 0 amide bonds. The molecular formula is C15H17BrN2O2. The Kier molecular flexibility index (Phi) is 4.74. The minimum atomic E-state index is 0.654. The summed E-state index contributed by atoms with van der Waals surface area (Å²) in [6.45, 7) is 0.654. The van der Waals surface area contributed by atoms with Crippen LogP contribution in [-0.4, -0.2) is 14.2 Å². The SMILES string of the molecule is COc1ccc(CNc2cc(Br)ccc2N)cc1OC. The molecule has 0 atom stereocenters. The predicted molar refractivity (Wildman–Crippen MR) is 85.4 cm³/mol. The third kappa shape index (κ3) is 3.36. The first-order chi connectivity index (χ1) is 9.63. The van der Waals surface area contributed by atoms with Crippen molar-refractivity contribution in [3.05, 3.63) is 46.4 Å². The maximum absolute atomic E-state index is 5.93. The molecule has 0 heterocycles. The lowest BCUT2D eigenvalue weighted by atomic mass is 10.2. The number of nitrogens with two attached hydrogens (primary N) is 1. The minimum Gasteiger partial charge on any atom is -0.493 e. The fourth-order valence-electron chi connectivity index (χ4n) is 1.87. The van der Waals surface area contributed by atoms with Gasteiger partial charge in [-0.3, -0.25) is 0 Å². The number of ether oxygens (including phenoxy) is 2. The van der Waals surface area contributed by atoms with Gasteiger partial charge in [-0.2, -0.15) is 0 Å². The second-order valence-corrected chi connectivity index (χ2v) is 5.19. The zero-order chi connectivity index (χ0) is 14.5. The van der Waals surface area contributed by atoms with Gasteiger partial charge in [0.2, 0.25) is 0 Å². The molecule has 0 spiro atoms. The van der Waals surface area contributed by atoms with Crippen molar-refractivity contribution in [3.63, 3.8) is 0 Å².